The average Bonchev–Trinajstić information content (AvgIpc) is 2.80. The van der Waals surface area contributed by atoms with Crippen molar-refractivity contribution in [3.8, 4) is 0 Å². The van der Waals surface area contributed by atoms with Crippen molar-refractivity contribution in [1.29, 1.82) is 0 Å². The standard InChI is InChI=1S/C19H19N3O2/c1-13-9-10-14(2)15(11-13)12-20-22-17(23)19(3,21-18(22)24)16-7-5-4-6-8-16/h4-12H,1-3H3,(H,21,24)/b20-12-/t19-/m0/s1. The molecular formula is C19H19N3O2. The van der Waals surface area contributed by atoms with Crippen molar-refractivity contribution in [2.75, 3.05) is 0 Å². The molecule has 1 heterocycles. The maximum Gasteiger partial charge on any atom is 0.346 e. The van der Waals surface area contributed by atoms with E-state index in [9.17, 15) is 9.59 Å². The lowest BCUT2D eigenvalue weighted by Gasteiger charge is -2.20. The summed E-state index contributed by atoms with van der Waals surface area (Å²) in [5, 5.41) is 7.76. The van der Waals surface area contributed by atoms with Crippen molar-refractivity contribution in [1.82, 2.24) is 10.3 Å². The third-order valence-electron chi connectivity index (χ3n) is 4.27. The van der Waals surface area contributed by atoms with Gasteiger partial charge in [-0.2, -0.15) is 5.10 Å². The van der Waals surface area contributed by atoms with Gasteiger partial charge >= 0.3 is 6.03 Å². The molecule has 0 bridgehead atoms. The fourth-order valence-corrected chi connectivity index (χ4v) is 2.72. The second-order valence-corrected chi connectivity index (χ2v) is 6.14. The van der Waals surface area contributed by atoms with E-state index in [1.807, 2.05) is 62.4 Å². The summed E-state index contributed by atoms with van der Waals surface area (Å²) in [4.78, 5) is 25.0. The molecule has 0 aliphatic carbocycles. The molecule has 5 nitrogen and oxygen atoms in total. The second-order valence-electron chi connectivity index (χ2n) is 6.14. The summed E-state index contributed by atoms with van der Waals surface area (Å²) in [6, 6.07) is 14.6. The zero-order chi connectivity index (χ0) is 17.3. The summed E-state index contributed by atoms with van der Waals surface area (Å²) in [5.41, 5.74) is 2.63. The van der Waals surface area contributed by atoms with Crippen LogP contribution >= 0.6 is 0 Å². The fraction of sp³-hybridized carbons (Fsp3) is 0.211. The Balaban J connectivity index is 1.90. The number of benzene rings is 2. The molecule has 3 rings (SSSR count). The lowest BCUT2D eigenvalue weighted by atomic mass is 9.92. The highest BCUT2D eigenvalue weighted by Gasteiger charge is 2.49. The van der Waals surface area contributed by atoms with E-state index < -0.39 is 11.6 Å². The number of hydrogen-bond acceptors (Lipinski definition) is 3. The number of urea groups is 1. The molecule has 0 unspecified atom stereocenters. The Bertz CT molecular complexity index is 830. The maximum absolute atomic E-state index is 12.7. The van der Waals surface area contributed by atoms with Crippen molar-refractivity contribution in [3.63, 3.8) is 0 Å². The predicted molar refractivity (Wildman–Crippen MR) is 92.7 cm³/mol. The third-order valence-corrected chi connectivity index (χ3v) is 4.27. The van der Waals surface area contributed by atoms with Crippen LogP contribution in [0.15, 0.2) is 53.6 Å². The molecule has 0 radical (unpaired) electrons. The zero-order valence-electron chi connectivity index (χ0n) is 13.9. The van der Waals surface area contributed by atoms with Crippen LogP contribution in [0.5, 0.6) is 0 Å². The Hall–Kier alpha value is -2.95. The molecule has 5 heteroatoms. The van der Waals surface area contributed by atoms with Crippen molar-refractivity contribution in [2.24, 2.45) is 5.10 Å². The van der Waals surface area contributed by atoms with Gasteiger partial charge in [-0.1, -0.05) is 54.1 Å². The number of carbonyl (C=O) groups is 2. The van der Waals surface area contributed by atoms with Gasteiger partial charge in [0.05, 0.1) is 6.21 Å². The summed E-state index contributed by atoms with van der Waals surface area (Å²) in [6.07, 6.45) is 1.55. The molecule has 1 fully saturated rings. The average molecular weight is 321 g/mol. The van der Waals surface area contributed by atoms with E-state index in [4.69, 9.17) is 0 Å². The summed E-state index contributed by atoms with van der Waals surface area (Å²) < 4.78 is 0. The summed E-state index contributed by atoms with van der Waals surface area (Å²) in [6.45, 7) is 5.63. The number of aryl methyl sites for hydroxylation is 2. The van der Waals surface area contributed by atoms with E-state index in [0.717, 1.165) is 27.3 Å². The molecule has 1 N–H and O–H groups in total. The van der Waals surface area contributed by atoms with Crippen LogP contribution in [-0.4, -0.2) is 23.2 Å². The van der Waals surface area contributed by atoms with Gasteiger partial charge in [0.15, 0.2) is 0 Å². The van der Waals surface area contributed by atoms with Crippen LogP contribution in [0.1, 0.15) is 29.2 Å². The van der Waals surface area contributed by atoms with Crippen LogP contribution in [0.4, 0.5) is 4.79 Å². The number of amides is 3. The van der Waals surface area contributed by atoms with Crippen LogP contribution in [-0.2, 0) is 10.3 Å². The largest absolute Gasteiger partial charge is 0.346 e. The van der Waals surface area contributed by atoms with E-state index in [1.165, 1.54) is 0 Å². The van der Waals surface area contributed by atoms with Crippen molar-refractivity contribution >= 4 is 18.2 Å². The van der Waals surface area contributed by atoms with E-state index in [2.05, 4.69) is 10.4 Å². The number of imide groups is 1. The molecule has 1 saturated heterocycles. The fourth-order valence-electron chi connectivity index (χ4n) is 2.72. The van der Waals surface area contributed by atoms with Gasteiger partial charge in [-0.25, -0.2) is 4.79 Å². The summed E-state index contributed by atoms with van der Waals surface area (Å²) in [5.74, 6) is -0.389. The monoisotopic (exact) mass is 321 g/mol. The molecule has 1 atom stereocenters. The number of nitrogens with one attached hydrogen (secondary N) is 1. The van der Waals surface area contributed by atoms with Gasteiger partial charge in [0.1, 0.15) is 5.54 Å². The minimum atomic E-state index is -1.10. The minimum absolute atomic E-state index is 0.389. The van der Waals surface area contributed by atoms with Crippen LogP contribution in [0.25, 0.3) is 0 Å². The number of carbonyl (C=O) groups excluding carboxylic acids is 2. The van der Waals surface area contributed by atoms with Gasteiger partial charge in [-0.05, 0) is 37.5 Å². The van der Waals surface area contributed by atoms with Crippen LogP contribution in [0.3, 0.4) is 0 Å². The SMILES string of the molecule is Cc1ccc(C)c(/C=N\N2C(=O)N[C@@](C)(c3ccccc3)C2=O)c1. The molecule has 1 aliphatic rings. The minimum Gasteiger partial charge on any atom is -0.318 e. The van der Waals surface area contributed by atoms with Gasteiger partial charge in [0.25, 0.3) is 5.91 Å². The highest BCUT2D eigenvalue weighted by molar-refractivity contribution is 6.07. The Morgan fingerprint density at radius 1 is 1.08 bits per heavy atom. The predicted octanol–water partition coefficient (Wildman–Crippen LogP) is 3.10. The van der Waals surface area contributed by atoms with E-state index >= 15 is 0 Å². The number of nitrogens with zero attached hydrogens (tertiary/aromatic N) is 2. The van der Waals surface area contributed by atoms with Crippen molar-refractivity contribution in [3.05, 3.63) is 70.8 Å². The molecular weight excluding hydrogens is 302 g/mol. The van der Waals surface area contributed by atoms with Gasteiger partial charge in [-0.3, -0.25) is 4.79 Å². The van der Waals surface area contributed by atoms with Crippen LogP contribution in [0, 0.1) is 13.8 Å². The van der Waals surface area contributed by atoms with Crippen LogP contribution < -0.4 is 5.32 Å². The molecule has 122 valence electrons. The third kappa shape index (κ3) is 2.69. The molecule has 2 aromatic rings. The highest BCUT2D eigenvalue weighted by Crippen LogP contribution is 2.28. The van der Waals surface area contributed by atoms with Gasteiger partial charge in [0, 0.05) is 0 Å². The first kappa shape index (κ1) is 15.9. The van der Waals surface area contributed by atoms with Gasteiger partial charge < -0.3 is 5.32 Å². The van der Waals surface area contributed by atoms with E-state index in [1.54, 1.807) is 13.1 Å². The maximum atomic E-state index is 12.7. The highest BCUT2D eigenvalue weighted by atomic mass is 16.2. The molecule has 2 aromatic carbocycles. The molecule has 0 spiro atoms. The molecule has 1 aliphatic heterocycles. The topological polar surface area (TPSA) is 61.8 Å². The summed E-state index contributed by atoms with van der Waals surface area (Å²) >= 11 is 0. The first-order valence-electron chi connectivity index (χ1n) is 7.75. The first-order valence-corrected chi connectivity index (χ1v) is 7.75. The van der Waals surface area contributed by atoms with Crippen molar-refractivity contribution < 1.29 is 9.59 Å². The van der Waals surface area contributed by atoms with E-state index in [0.29, 0.717) is 0 Å². The lowest BCUT2D eigenvalue weighted by Crippen LogP contribution is -2.40. The van der Waals surface area contributed by atoms with E-state index in [-0.39, 0.29) is 5.91 Å². The number of hydrogen-bond donors (Lipinski definition) is 1. The quantitative estimate of drug-likeness (QED) is 0.697. The Morgan fingerprint density at radius 2 is 1.79 bits per heavy atom. The summed E-state index contributed by atoms with van der Waals surface area (Å²) in [7, 11) is 0. The smallest absolute Gasteiger partial charge is 0.318 e. The zero-order valence-corrected chi connectivity index (χ0v) is 13.9. The number of hydrazone groups is 1. The van der Waals surface area contributed by atoms with Gasteiger partial charge in [-0.15, -0.1) is 5.01 Å². The lowest BCUT2D eigenvalue weighted by molar-refractivity contribution is -0.131. The molecule has 3 amide bonds. The van der Waals surface area contributed by atoms with Crippen molar-refractivity contribution in [2.45, 2.75) is 26.3 Å². The first-order chi connectivity index (χ1) is 11.4. The molecule has 0 saturated carbocycles. The Kier molecular flexibility index (Phi) is 3.93. The van der Waals surface area contributed by atoms with Crippen LogP contribution in [0.2, 0.25) is 0 Å². The second kappa shape index (κ2) is 5.92. The molecule has 0 aromatic heterocycles. The molecule has 24 heavy (non-hydrogen) atoms. The van der Waals surface area contributed by atoms with Gasteiger partial charge in [0.2, 0.25) is 0 Å². The number of rotatable bonds is 3. The Morgan fingerprint density at radius 3 is 2.50 bits per heavy atom. The normalized spacial score (nSPS) is 20.7. The Labute approximate surface area is 141 Å².